The summed E-state index contributed by atoms with van der Waals surface area (Å²) in [5.74, 6) is 0.687. The van der Waals surface area contributed by atoms with Gasteiger partial charge in [-0.25, -0.2) is 8.42 Å². The normalized spacial score (nSPS) is 14.8. The van der Waals surface area contributed by atoms with Gasteiger partial charge in [-0.3, -0.25) is 4.79 Å². The summed E-state index contributed by atoms with van der Waals surface area (Å²) < 4.78 is 48.4. The van der Waals surface area contributed by atoms with E-state index in [-0.39, 0.29) is 29.3 Å². The van der Waals surface area contributed by atoms with Gasteiger partial charge in [0.2, 0.25) is 10.0 Å². The molecular formula is C20H24N2O7S. The first-order chi connectivity index (χ1) is 14.4. The van der Waals surface area contributed by atoms with Crippen LogP contribution in [-0.4, -0.2) is 66.3 Å². The lowest BCUT2D eigenvalue weighted by Crippen LogP contribution is -2.40. The molecule has 0 aromatic heterocycles. The van der Waals surface area contributed by atoms with Gasteiger partial charge in [0.25, 0.3) is 5.91 Å². The highest BCUT2D eigenvalue weighted by Crippen LogP contribution is 2.31. The molecule has 1 amide bonds. The molecule has 0 spiro atoms. The summed E-state index contributed by atoms with van der Waals surface area (Å²) in [7, 11) is 0.558. The molecule has 0 atom stereocenters. The molecule has 2 aromatic rings. The van der Waals surface area contributed by atoms with E-state index < -0.39 is 15.9 Å². The van der Waals surface area contributed by atoms with Crippen LogP contribution in [0.3, 0.4) is 0 Å². The van der Waals surface area contributed by atoms with Gasteiger partial charge in [-0.05, 0) is 30.3 Å². The lowest BCUT2D eigenvalue weighted by Gasteiger charge is -2.26. The Morgan fingerprint density at radius 1 is 0.933 bits per heavy atom. The Balaban J connectivity index is 1.89. The number of nitrogens with one attached hydrogen (secondary N) is 1. The third kappa shape index (κ3) is 4.50. The van der Waals surface area contributed by atoms with Crippen LogP contribution >= 0.6 is 0 Å². The first-order valence-electron chi connectivity index (χ1n) is 9.20. The van der Waals surface area contributed by atoms with Crippen molar-refractivity contribution < 1.29 is 32.2 Å². The van der Waals surface area contributed by atoms with Crippen molar-refractivity contribution in [1.29, 1.82) is 0 Å². The van der Waals surface area contributed by atoms with Gasteiger partial charge in [0.05, 0.1) is 34.5 Å². The molecule has 1 saturated heterocycles. The number of sulfonamides is 1. The molecule has 0 aliphatic carbocycles. The highest BCUT2D eigenvalue weighted by Gasteiger charge is 2.30. The Bertz CT molecular complexity index is 1020. The second kappa shape index (κ2) is 9.33. The molecule has 0 radical (unpaired) electrons. The number of anilines is 1. The largest absolute Gasteiger partial charge is 0.495 e. The molecule has 0 saturated carbocycles. The predicted molar refractivity (Wildman–Crippen MR) is 110 cm³/mol. The number of benzene rings is 2. The standard InChI is InChI=1S/C20H24N2O7S/c1-26-16-7-5-15(13-18(16)28-3)21-20(23)14-4-6-17(27-2)19(12-14)30(24,25)22-8-10-29-11-9-22/h4-7,12-13H,8-11H2,1-3H3,(H,21,23). The summed E-state index contributed by atoms with van der Waals surface area (Å²) >= 11 is 0. The molecule has 9 nitrogen and oxygen atoms in total. The van der Waals surface area contributed by atoms with E-state index in [2.05, 4.69) is 5.32 Å². The first kappa shape index (κ1) is 21.9. The number of rotatable bonds is 7. The van der Waals surface area contributed by atoms with E-state index in [1.807, 2.05) is 0 Å². The molecule has 0 bridgehead atoms. The Labute approximate surface area is 175 Å². The number of hydrogen-bond acceptors (Lipinski definition) is 7. The molecule has 1 heterocycles. The number of nitrogens with zero attached hydrogens (tertiary/aromatic N) is 1. The quantitative estimate of drug-likeness (QED) is 0.708. The lowest BCUT2D eigenvalue weighted by molar-refractivity contribution is 0.0729. The SMILES string of the molecule is COc1ccc(NC(=O)c2ccc(OC)c(S(=O)(=O)N3CCOCC3)c2)cc1OC. The van der Waals surface area contributed by atoms with Crippen molar-refractivity contribution in [2.24, 2.45) is 0 Å². The van der Waals surface area contributed by atoms with Crippen molar-refractivity contribution in [2.45, 2.75) is 4.90 Å². The smallest absolute Gasteiger partial charge is 0.255 e. The van der Waals surface area contributed by atoms with Crippen LogP contribution in [0.15, 0.2) is 41.3 Å². The summed E-state index contributed by atoms with van der Waals surface area (Å²) in [5, 5.41) is 2.74. The molecule has 0 unspecified atom stereocenters. The third-order valence-corrected chi connectivity index (χ3v) is 6.57. The number of amides is 1. The van der Waals surface area contributed by atoms with Gasteiger partial charge in [0, 0.05) is 30.4 Å². The van der Waals surface area contributed by atoms with E-state index in [1.165, 1.54) is 43.8 Å². The maximum absolute atomic E-state index is 13.1. The van der Waals surface area contributed by atoms with Crippen LogP contribution in [0.2, 0.25) is 0 Å². The average molecular weight is 436 g/mol. The summed E-state index contributed by atoms with van der Waals surface area (Å²) in [6.45, 7) is 1.13. The van der Waals surface area contributed by atoms with Crippen LogP contribution < -0.4 is 19.5 Å². The monoisotopic (exact) mass is 436 g/mol. The number of carbonyl (C=O) groups is 1. The molecule has 3 rings (SSSR count). The van der Waals surface area contributed by atoms with E-state index in [0.717, 1.165) is 0 Å². The van der Waals surface area contributed by atoms with Crippen molar-refractivity contribution in [1.82, 2.24) is 4.31 Å². The van der Waals surface area contributed by atoms with E-state index in [4.69, 9.17) is 18.9 Å². The van der Waals surface area contributed by atoms with Gasteiger partial charge in [-0.15, -0.1) is 0 Å². The number of methoxy groups -OCH3 is 3. The number of morpholine rings is 1. The second-order valence-electron chi connectivity index (χ2n) is 6.41. The minimum Gasteiger partial charge on any atom is -0.495 e. The fraction of sp³-hybridized carbons (Fsp3) is 0.350. The highest BCUT2D eigenvalue weighted by molar-refractivity contribution is 7.89. The second-order valence-corrected chi connectivity index (χ2v) is 8.31. The molecule has 162 valence electrons. The van der Waals surface area contributed by atoms with E-state index in [0.29, 0.717) is 30.4 Å². The molecule has 2 aromatic carbocycles. The molecule has 1 N–H and O–H groups in total. The minimum absolute atomic E-state index is 0.0631. The van der Waals surface area contributed by atoms with E-state index in [1.54, 1.807) is 18.2 Å². The average Bonchev–Trinajstić information content (AvgIpc) is 2.79. The van der Waals surface area contributed by atoms with Gasteiger partial charge in [0.1, 0.15) is 10.6 Å². The van der Waals surface area contributed by atoms with Crippen molar-refractivity contribution in [3.8, 4) is 17.2 Å². The van der Waals surface area contributed by atoms with Gasteiger partial charge >= 0.3 is 0 Å². The van der Waals surface area contributed by atoms with Crippen LogP contribution in [0.25, 0.3) is 0 Å². The van der Waals surface area contributed by atoms with Crippen LogP contribution in [0.4, 0.5) is 5.69 Å². The van der Waals surface area contributed by atoms with Crippen molar-refractivity contribution in [2.75, 3.05) is 52.9 Å². The molecule has 1 aliphatic rings. The number of hydrogen-bond donors (Lipinski definition) is 1. The van der Waals surface area contributed by atoms with Gasteiger partial charge in [0.15, 0.2) is 11.5 Å². The van der Waals surface area contributed by atoms with E-state index in [9.17, 15) is 13.2 Å². The zero-order chi connectivity index (χ0) is 21.7. The van der Waals surface area contributed by atoms with Crippen LogP contribution in [0.5, 0.6) is 17.2 Å². The Hall–Kier alpha value is -2.82. The van der Waals surface area contributed by atoms with E-state index >= 15 is 0 Å². The zero-order valence-corrected chi connectivity index (χ0v) is 17.8. The first-order valence-corrected chi connectivity index (χ1v) is 10.6. The zero-order valence-electron chi connectivity index (χ0n) is 17.0. The van der Waals surface area contributed by atoms with Crippen LogP contribution in [0.1, 0.15) is 10.4 Å². The number of ether oxygens (including phenoxy) is 4. The summed E-state index contributed by atoms with van der Waals surface area (Å²) in [5.41, 5.74) is 0.656. The highest BCUT2D eigenvalue weighted by atomic mass is 32.2. The summed E-state index contributed by atoms with van der Waals surface area (Å²) in [4.78, 5) is 12.7. The van der Waals surface area contributed by atoms with Crippen molar-refractivity contribution in [3.05, 3.63) is 42.0 Å². The predicted octanol–water partition coefficient (Wildman–Crippen LogP) is 1.99. The fourth-order valence-corrected chi connectivity index (χ4v) is 4.65. The van der Waals surface area contributed by atoms with Crippen molar-refractivity contribution in [3.63, 3.8) is 0 Å². The van der Waals surface area contributed by atoms with Crippen LogP contribution in [-0.2, 0) is 14.8 Å². The maximum Gasteiger partial charge on any atom is 0.255 e. The molecule has 1 aliphatic heterocycles. The third-order valence-electron chi connectivity index (χ3n) is 4.66. The number of carbonyl (C=O) groups excluding carboxylic acids is 1. The van der Waals surface area contributed by atoms with Gasteiger partial charge < -0.3 is 24.3 Å². The van der Waals surface area contributed by atoms with Gasteiger partial charge in [-0.1, -0.05) is 0 Å². The summed E-state index contributed by atoms with van der Waals surface area (Å²) in [6.07, 6.45) is 0. The topological polar surface area (TPSA) is 103 Å². The maximum atomic E-state index is 13.1. The van der Waals surface area contributed by atoms with Crippen LogP contribution in [0, 0.1) is 0 Å². The summed E-state index contributed by atoms with van der Waals surface area (Å²) in [6, 6.07) is 9.24. The fourth-order valence-electron chi connectivity index (χ4n) is 3.06. The molecule has 1 fully saturated rings. The van der Waals surface area contributed by atoms with Crippen molar-refractivity contribution >= 4 is 21.6 Å². The van der Waals surface area contributed by atoms with Gasteiger partial charge in [-0.2, -0.15) is 4.31 Å². The Kier molecular flexibility index (Phi) is 6.80. The molecular weight excluding hydrogens is 412 g/mol. The minimum atomic E-state index is -3.84. The Morgan fingerprint density at radius 2 is 1.57 bits per heavy atom. The molecule has 30 heavy (non-hydrogen) atoms. The Morgan fingerprint density at radius 3 is 2.20 bits per heavy atom. The lowest BCUT2D eigenvalue weighted by atomic mass is 10.2. The molecule has 10 heteroatoms.